The zero-order valence-corrected chi connectivity index (χ0v) is 12.4. The van der Waals surface area contributed by atoms with Crippen LogP contribution >= 0.6 is 11.3 Å². The van der Waals surface area contributed by atoms with Crippen LogP contribution in [0, 0.1) is 0 Å². The lowest BCUT2D eigenvalue weighted by molar-refractivity contribution is -0.133. The SMILES string of the molecule is CN(CCCN)CC(=O)N1CCCC1c1cccs1. The summed E-state index contributed by atoms with van der Waals surface area (Å²) in [4.78, 5) is 17.8. The van der Waals surface area contributed by atoms with Crippen LogP contribution in [0.2, 0.25) is 0 Å². The van der Waals surface area contributed by atoms with Crippen LogP contribution in [-0.2, 0) is 4.79 Å². The summed E-state index contributed by atoms with van der Waals surface area (Å²) in [5.74, 6) is 0.246. The largest absolute Gasteiger partial charge is 0.334 e. The summed E-state index contributed by atoms with van der Waals surface area (Å²) >= 11 is 1.75. The average molecular weight is 281 g/mol. The van der Waals surface area contributed by atoms with Gasteiger partial charge in [-0.15, -0.1) is 11.3 Å². The topological polar surface area (TPSA) is 49.6 Å². The number of nitrogens with zero attached hydrogens (tertiary/aromatic N) is 2. The molecule has 1 aliphatic rings. The molecule has 106 valence electrons. The molecule has 2 N–H and O–H groups in total. The standard InChI is InChI=1S/C14H23N3OS/c1-16(8-4-7-15)11-14(18)17-9-2-5-12(17)13-6-3-10-19-13/h3,6,10,12H,2,4-5,7-9,11,15H2,1H3. The number of likely N-dealkylation sites (tertiary alicyclic amines) is 1. The fourth-order valence-corrected chi connectivity index (χ4v) is 3.48. The number of carbonyl (C=O) groups is 1. The number of carbonyl (C=O) groups excluding carboxylic acids is 1. The molecule has 5 heteroatoms. The quantitative estimate of drug-likeness (QED) is 0.863. The lowest BCUT2D eigenvalue weighted by Gasteiger charge is -2.26. The van der Waals surface area contributed by atoms with Gasteiger partial charge in [0.05, 0.1) is 12.6 Å². The van der Waals surface area contributed by atoms with Crippen LogP contribution in [0.25, 0.3) is 0 Å². The van der Waals surface area contributed by atoms with Gasteiger partial charge in [-0.05, 0) is 50.8 Å². The maximum Gasteiger partial charge on any atom is 0.237 e. The van der Waals surface area contributed by atoms with Gasteiger partial charge < -0.3 is 10.6 Å². The van der Waals surface area contributed by atoms with E-state index in [1.807, 2.05) is 11.9 Å². The minimum atomic E-state index is 0.246. The summed E-state index contributed by atoms with van der Waals surface area (Å²) in [5, 5.41) is 2.09. The molecule has 1 fully saturated rings. The second-order valence-electron chi connectivity index (χ2n) is 5.14. The van der Waals surface area contributed by atoms with Crippen molar-refractivity contribution in [3.8, 4) is 0 Å². The number of likely N-dealkylation sites (N-methyl/N-ethyl adjacent to an activating group) is 1. The third-order valence-corrected chi connectivity index (χ3v) is 4.57. The van der Waals surface area contributed by atoms with Crippen molar-refractivity contribution in [2.75, 3.05) is 33.2 Å². The van der Waals surface area contributed by atoms with Crippen molar-refractivity contribution in [3.63, 3.8) is 0 Å². The summed E-state index contributed by atoms with van der Waals surface area (Å²) in [5.41, 5.74) is 5.50. The molecule has 1 saturated heterocycles. The van der Waals surface area contributed by atoms with Crippen LogP contribution in [0.4, 0.5) is 0 Å². The third-order valence-electron chi connectivity index (χ3n) is 3.59. The first-order valence-corrected chi connectivity index (χ1v) is 7.82. The summed E-state index contributed by atoms with van der Waals surface area (Å²) in [6.45, 7) is 2.97. The summed E-state index contributed by atoms with van der Waals surface area (Å²) in [6.07, 6.45) is 3.15. The number of thiophene rings is 1. The molecule has 0 bridgehead atoms. The highest BCUT2D eigenvalue weighted by atomic mass is 32.1. The molecule has 1 amide bonds. The van der Waals surface area contributed by atoms with Gasteiger partial charge in [0, 0.05) is 11.4 Å². The highest BCUT2D eigenvalue weighted by molar-refractivity contribution is 7.10. The fourth-order valence-electron chi connectivity index (χ4n) is 2.60. The van der Waals surface area contributed by atoms with E-state index in [9.17, 15) is 4.79 Å². The highest BCUT2D eigenvalue weighted by Gasteiger charge is 2.30. The van der Waals surface area contributed by atoms with Gasteiger partial charge in [0.25, 0.3) is 0 Å². The average Bonchev–Trinajstić information content (AvgIpc) is 3.05. The van der Waals surface area contributed by atoms with E-state index < -0.39 is 0 Å². The third kappa shape index (κ3) is 3.78. The van der Waals surface area contributed by atoms with Crippen LogP contribution in [0.5, 0.6) is 0 Å². The Bertz CT molecular complexity index is 393. The molecule has 0 aliphatic carbocycles. The molecule has 1 aliphatic heterocycles. The Morgan fingerprint density at radius 2 is 2.47 bits per heavy atom. The van der Waals surface area contributed by atoms with Crippen molar-refractivity contribution in [1.29, 1.82) is 0 Å². The van der Waals surface area contributed by atoms with Crippen LogP contribution in [-0.4, -0.2) is 48.9 Å². The van der Waals surface area contributed by atoms with Crippen molar-refractivity contribution < 1.29 is 4.79 Å². The smallest absolute Gasteiger partial charge is 0.237 e. The molecule has 1 unspecified atom stereocenters. The molecule has 19 heavy (non-hydrogen) atoms. The molecule has 1 atom stereocenters. The number of amides is 1. The molecule has 2 rings (SSSR count). The molecule has 0 radical (unpaired) electrons. The second-order valence-corrected chi connectivity index (χ2v) is 6.12. The number of hydrogen-bond acceptors (Lipinski definition) is 4. The van der Waals surface area contributed by atoms with Gasteiger partial charge in [-0.1, -0.05) is 6.07 Å². The minimum Gasteiger partial charge on any atom is -0.334 e. The maximum atomic E-state index is 12.4. The molecular formula is C14H23N3OS. The van der Waals surface area contributed by atoms with E-state index in [1.54, 1.807) is 11.3 Å². The van der Waals surface area contributed by atoms with E-state index in [2.05, 4.69) is 22.4 Å². The van der Waals surface area contributed by atoms with Gasteiger partial charge in [0.1, 0.15) is 0 Å². The first-order valence-electron chi connectivity index (χ1n) is 6.94. The number of hydrogen-bond donors (Lipinski definition) is 1. The molecule has 0 spiro atoms. The van der Waals surface area contributed by atoms with E-state index >= 15 is 0 Å². The molecule has 4 nitrogen and oxygen atoms in total. The molecule has 0 saturated carbocycles. The highest BCUT2D eigenvalue weighted by Crippen LogP contribution is 2.34. The Balaban J connectivity index is 1.91. The zero-order valence-electron chi connectivity index (χ0n) is 11.5. The lowest BCUT2D eigenvalue weighted by atomic mass is 10.2. The predicted molar refractivity (Wildman–Crippen MR) is 79.2 cm³/mol. The Morgan fingerprint density at radius 3 is 3.16 bits per heavy atom. The van der Waals surface area contributed by atoms with Crippen molar-refractivity contribution in [2.45, 2.75) is 25.3 Å². The first kappa shape index (κ1) is 14.5. The van der Waals surface area contributed by atoms with E-state index in [-0.39, 0.29) is 5.91 Å². The van der Waals surface area contributed by atoms with Gasteiger partial charge in [-0.3, -0.25) is 9.69 Å². The molecular weight excluding hydrogens is 258 g/mol. The van der Waals surface area contributed by atoms with Gasteiger partial charge in [0.2, 0.25) is 5.91 Å². The summed E-state index contributed by atoms with van der Waals surface area (Å²) < 4.78 is 0. The van der Waals surface area contributed by atoms with Crippen molar-refractivity contribution in [3.05, 3.63) is 22.4 Å². The predicted octanol–water partition coefficient (Wildman–Crippen LogP) is 1.69. The van der Waals surface area contributed by atoms with Crippen molar-refractivity contribution >= 4 is 17.2 Å². The Hall–Kier alpha value is -0.910. The first-order chi connectivity index (χ1) is 9.22. The summed E-state index contributed by atoms with van der Waals surface area (Å²) in [6, 6.07) is 4.50. The monoisotopic (exact) mass is 281 g/mol. The molecule has 1 aromatic rings. The van der Waals surface area contributed by atoms with Gasteiger partial charge in [-0.25, -0.2) is 0 Å². The Morgan fingerprint density at radius 1 is 1.63 bits per heavy atom. The van der Waals surface area contributed by atoms with E-state index in [0.717, 1.165) is 32.4 Å². The van der Waals surface area contributed by atoms with E-state index in [1.165, 1.54) is 4.88 Å². The molecule has 1 aromatic heterocycles. The molecule has 0 aromatic carbocycles. The number of rotatable bonds is 6. The molecule has 2 heterocycles. The summed E-state index contributed by atoms with van der Waals surface area (Å²) in [7, 11) is 1.99. The Labute approximate surface area is 119 Å². The van der Waals surface area contributed by atoms with Crippen molar-refractivity contribution in [2.24, 2.45) is 5.73 Å². The van der Waals surface area contributed by atoms with Gasteiger partial charge in [-0.2, -0.15) is 0 Å². The minimum absolute atomic E-state index is 0.246. The van der Waals surface area contributed by atoms with Crippen LogP contribution in [0.1, 0.15) is 30.2 Å². The lowest BCUT2D eigenvalue weighted by Crippen LogP contribution is -2.39. The normalized spacial score (nSPS) is 19.3. The second kappa shape index (κ2) is 7.03. The maximum absolute atomic E-state index is 12.4. The van der Waals surface area contributed by atoms with Gasteiger partial charge in [0.15, 0.2) is 0 Å². The van der Waals surface area contributed by atoms with E-state index in [4.69, 9.17) is 5.73 Å². The zero-order chi connectivity index (χ0) is 13.7. The van der Waals surface area contributed by atoms with Crippen LogP contribution in [0.3, 0.4) is 0 Å². The van der Waals surface area contributed by atoms with Gasteiger partial charge >= 0.3 is 0 Å². The van der Waals surface area contributed by atoms with Crippen molar-refractivity contribution in [1.82, 2.24) is 9.80 Å². The number of nitrogens with two attached hydrogens (primary N) is 1. The van der Waals surface area contributed by atoms with E-state index in [0.29, 0.717) is 19.1 Å². The van der Waals surface area contributed by atoms with Crippen LogP contribution < -0.4 is 5.73 Å². The van der Waals surface area contributed by atoms with Crippen LogP contribution in [0.15, 0.2) is 17.5 Å². The Kier molecular flexibility index (Phi) is 5.36. The fraction of sp³-hybridized carbons (Fsp3) is 0.643.